The predicted octanol–water partition coefficient (Wildman–Crippen LogP) is 4.15. The van der Waals surface area contributed by atoms with Crippen molar-refractivity contribution < 1.29 is 4.74 Å². The van der Waals surface area contributed by atoms with E-state index >= 15 is 0 Å². The molecule has 0 bridgehead atoms. The molecule has 0 saturated heterocycles. The van der Waals surface area contributed by atoms with Crippen molar-refractivity contribution in [1.82, 2.24) is 19.9 Å². The first-order valence-electron chi connectivity index (χ1n) is 8.22. The molecule has 128 valence electrons. The number of aromatic nitrogens is 4. The van der Waals surface area contributed by atoms with E-state index in [9.17, 15) is 0 Å². The molecule has 0 saturated carbocycles. The Kier molecular flexibility index (Phi) is 4.15. The highest BCUT2D eigenvalue weighted by molar-refractivity contribution is 5.81. The summed E-state index contributed by atoms with van der Waals surface area (Å²) in [5.41, 5.74) is 3.50. The van der Waals surface area contributed by atoms with E-state index < -0.39 is 0 Å². The first-order valence-corrected chi connectivity index (χ1v) is 8.22. The molecule has 0 fully saturated rings. The largest absolute Gasteiger partial charge is 0.481 e. The lowest BCUT2D eigenvalue weighted by atomic mass is 10.1. The van der Waals surface area contributed by atoms with Gasteiger partial charge in [0.1, 0.15) is 0 Å². The van der Waals surface area contributed by atoms with Gasteiger partial charge in [0.05, 0.1) is 24.0 Å². The standard InChI is InChI=1S/C20H17N5O/c1-13-15-10-6-7-11-16(15)22-19(21-13)25-20-23-17(12-18(24-20)26-2)14-8-4-3-5-9-14/h3-12H,1-2H3,(H,21,22,23,24,25). The first kappa shape index (κ1) is 16.0. The number of aryl methyl sites for hydroxylation is 1. The van der Waals surface area contributed by atoms with E-state index in [0.717, 1.165) is 27.9 Å². The zero-order valence-corrected chi connectivity index (χ0v) is 14.5. The molecule has 0 aliphatic carbocycles. The van der Waals surface area contributed by atoms with E-state index in [0.29, 0.717) is 17.8 Å². The molecule has 0 aliphatic rings. The van der Waals surface area contributed by atoms with Gasteiger partial charge in [-0.1, -0.05) is 48.5 Å². The number of anilines is 2. The minimum atomic E-state index is 0.387. The number of fused-ring (bicyclic) bond motifs is 1. The van der Waals surface area contributed by atoms with Crippen molar-refractivity contribution >= 4 is 22.8 Å². The molecule has 2 heterocycles. The molecular weight excluding hydrogens is 326 g/mol. The minimum Gasteiger partial charge on any atom is -0.481 e. The summed E-state index contributed by atoms with van der Waals surface area (Å²) in [5, 5.41) is 4.12. The van der Waals surface area contributed by atoms with Crippen molar-refractivity contribution in [3.8, 4) is 17.1 Å². The van der Waals surface area contributed by atoms with Gasteiger partial charge in [0.15, 0.2) is 0 Å². The Balaban J connectivity index is 1.74. The normalized spacial score (nSPS) is 10.7. The number of benzene rings is 2. The van der Waals surface area contributed by atoms with Crippen molar-refractivity contribution in [2.45, 2.75) is 6.92 Å². The summed E-state index contributed by atoms with van der Waals surface area (Å²) in [5.74, 6) is 1.31. The zero-order valence-electron chi connectivity index (χ0n) is 14.5. The quantitative estimate of drug-likeness (QED) is 0.600. The summed E-state index contributed by atoms with van der Waals surface area (Å²) in [4.78, 5) is 18.0. The summed E-state index contributed by atoms with van der Waals surface area (Å²) in [6, 6.07) is 19.6. The Hall–Kier alpha value is -3.54. The number of nitrogens with zero attached hydrogens (tertiary/aromatic N) is 4. The van der Waals surface area contributed by atoms with Crippen LogP contribution < -0.4 is 10.1 Å². The Morgan fingerprint density at radius 1 is 0.808 bits per heavy atom. The molecule has 6 heteroatoms. The van der Waals surface area contributed by atoms with Gasteiger partial charge >= 0.3 is 0 Å². The van der Waals surface area contributed by atoms with Crippen LogP contribution in [-0.4, -0.2) is 27.0 Å². The molecule has 0 spiro atoms. The van der Waals surface area contributed by atoms with Crippen molar-refractivity contribution in [2.24, 2.45) is 0 Å². The Morgan fingerprint density at radius 3 is 2.35 bits per heavy atom. The third-order valence-corrected chi connectivity index (χ3v) is 4.00. The highest BCUT2D eigenvalue weighted by Crippen LogP contribution is 2.24. The number of para-hydroxylation sites is 1. The Bertz CT molecular complexity index is 1070. The van der Waals surface area contributed by atoms with Crippen LogP contribution in [0.5, 0.6) is 5.88 Å². The molecule has 26 heavy (non-hydrogen) atoms. The summed E-state index contributed by atoms with van der Waals surface area (Å²) < 4.78 is 5.32. The van der Waals surface area contributed by atoms with Crippen molar-refractivity contribution in [3.05, 3.63) is 66.4 Å². The van der Waals surface area contributed by atoms with E-state index in [1.54, 1.807) is 13.2 Å². The number of nitrogens with one attached hydrogen (secondary N) is 1. The number of ether oxygens (including phenoxy) is 1. The van der Waals surface area contributed by atoms with Gasteiger partial charge in [-0.3, -0.25) is 5.32 Å². The van der Waals surface area contributed by atoms with Gasteiger partial charge in [-0.05, 0) is 13.0 Å². The van der Waals surface area contributed by atoms with Crippen LogP contribution in [0.1, 0.15) is 5.69 Å². The molecule has 4 rings (SSSR count). The molecule has 2 aromatic heterocycles. The van der Waals surface area contributed by atoms with Gasteiger partial charge in [0, 0.05) is 17.0 Å². The van der Waals surface area contributed by atoms with E-state index in [1.807, 2.05) is 61.5 Å². The van der Waals surface area contributed by atoms with E-state index in [1.165, 1.54) is 0 Å². The lowest BCUT2D eigenvalue weighted by Crippen LogP contribution is -2.04. The molecule has 0 radical (unpaired) electrons. The smallest absolute Gasteiger partial charge is 0.233 e. The summed E-state index contributed by atoms with van der Waals surface area (Å²) in [6.45, 7) is 1.96. The second-order valence-electron chi connectivity index (χ2n) is 5.76. The van der Waals surface area contributed by atoms with Crippen LogP contribution in [0.2, 0.25) is 0 Å². The van der Waals surface area contributed by atoms with Crippen molar-refractivity contribution in [1.29, 1.82) is 0 Å². The highest BCUT2D eigenvalue weighted by Gasteiger charge is 2.10. The van der Waals surface area contributed by atoms with Crippen LogP contribution in [0.25, 0.3) is 22.2 Å². The first-order chi connectivity index (χ1) is 12.7. The van der Waals surface area contributed by atoms with Crippen LogP contribution in [0.15, 0.2) is 60.7 Å². The lowest BCUT2D eigenvalue weighted by Gasteiger charge is -2.10. The van der Waals surface area contributed by atoms with Crippen LogP contribution in [-0.2, 0) is 0 Å². The molecule has 1 N–H and O–H groups in total. The van der Waals surface area contributed by atoms with E-state index in [4.69, 9.17) is 4.74 Å². The van der Waals surface area contributed by atoms with E-state index in [2.05, 4.69) is 25.3 Å². The summed E-state index contributed by atoms with van der Waals surface area (Å²) in [6.07, 6.45) is 0. The maximum absolute atomic E-state index is 5.32. The van der Waals surface area contributed by atoms with E-state index in [-0.39, 0.29) is 0 Å². The van der Waals surface area contributed by atoms with Crippen molar-refractivity contribution in [2.75, 3.05) is 12.4 Å². The molecule has 2 aromatic carbocycles. The second-order valence-corrected chi connectivity index (χ2v) is 5.76. The molecule has 6 nitrogen and oxygen atoms in total. The van der Waals surface area contributed by atoms with Gasteiger partial charge in [-0.2, -0.15) is 4.98 Å². The third kappa shape index (κ3) is 3.17. The van der Waals surface area contributed by atoms with Gasteiger partial charge in [-0.15, -0.1) is 0 Å². The van der Waals surface area contributed by atoms with Gasteiger partial charge in [0.25, 0.3) is 0 Å². The maximum Gasteiger partial charge on any atom is 0.233 e. The Morgan fingerprint density at radius 2 is 1.54 bits per heavy atom. The number of hydrogen-bond acceptors (Lipinski definition) is 6. The SMILES string of the molecule is COc1cc(-c2ccccc2)nc(Nc2nc(C)c3ccccc3n2)n1. The maximum atomic E-state index is 5.32. The number of methoxy groups -OCH3 is 1. The third-order valence-electron chi connectivity index (χ3n) is 4.00. The monoisotopic (exact) mass is 343 g/mol. The summed E-state index contributed by atoms with van der Waals surface area (Å²) in [7, 11) is 1.58. The molecule has 4 aromatic rings. The van der Waals surface area contributed by atoms with Crippen LogP contribution in [0, 0.1) is 6.92 Å². The Labute approximate surface area is 150 Å². The fourth-order valence-electron chi connectivity index (χ4n) is 2.73. The lowest BCUT2D eigenvalue weighted by molar-refractivity contribution is 0.398. The van der Waals surface area contributed by atoms with Gasteiger partial charge in [-0.25, -0.2) is 15.0 Å². The van der Waals surface area contributed by atoms with Crippen molar-refractivity contribution in [3.63, 3.8) is 0 Å². The number of rotatable bonds is 4. The highest BCUT2D eigenvalue weighted by atomic mass is 16.5. The fourth-order valence-corrected chi connectivity index (χ4v) is 2.73. The average molecular weight is 343 g/mol. The minimum absolute atomic E-state index is 0.387. The molecule has 0 amide bonds. The molecule has 0 aliphatic heterocycles. The second kappa shape index (κ2) is 6.76. The predicted molar refractivity (Wildman–Crippen MR) is 102 cm³/mol. The van der Waals surface area contributed by atoms with Crippen LogP contribution >= 0.6 is 0 Å². The van der Waals surface area contributed by atoms with Crippen LogP contribution in [0.4, 0.5) is 11.9 Å². The average Bonchev–Trinajstić information content (AvgIpc) is 2.68. The topological polar surface area (TPSA) is 72.8 Å². The fraction of sp³-hybridized carbons (Fsp3) is 0.100. The van der Waals surface area contributed by atoms with Gasteiger partial charge in [0.2, 0.25) is 17.8 Å². The van der Waals surface area contributed by atoms with Crippen LogP contribution in [0.3, 0.4) is 0 Å². The molecule has 0 atom stereocenters. The molecule has 0 unspecified atom stereocenters. The van der Waals surface area contributed by atoms with Gasteiger partial charge < -0.3 is 4.74 Å². The molecular formula is C20H17N5O. The number of hydrogen-bond donors (Lipinski definition) is 1. The summed E-state index contributed by atoms with van der Waals surface area (Å²) >= 11 is 0. The zero-order chi connectivity index (χ0) is 17.9.